The Morgan fingerprint density at radius 1 is 1.16 bits per heavy atom. The molecule has 3 atom stereocenters. The van der Waals surface area contributed by atoms with E-state index in [1.807, 2.05) is 23.9 Å². The largest absolute Gasteiger partial charge is 0.488 e. The van der Waals surface area contributed by atoms with Gasteiger partial charge in [-0.2, -0.15) is 0 Å². The van der Waals surface area contributed by atoms with Crippen molar-refractivity contribution in [3.05, 3.63) is 70.8 Å². The van der Waals surface area contributed by atoms with Crippen LogP contribution in [-0.2, 0) is 17.7 Å². The van der Waals surface area contributed by atoms with Gasteiger partial charge in [0.25, 0.3) is 0 Å². The van der Waals surface area contributed by atoms with Crippen molar-refractivity contribution >= 4 is 24.3 Å². The molecule has 1 aliphatic carbocycles. The minimum atomic E-state index is -1.41. The monoisotopic (exact) mass is 435 g/mol. The molecule has 3 aliphatic rings. The van der Waals surface area contributed by atoms with E-state index in [1.54, 1.807) is 0 Å². The number of epoxide rings is 1. The number of rotatable bonds is 6. The number of hydrogen-bond donors (Lipinski definition) is 3. The van der Waals surface area contributed by atoms with Crippen molar-refractivity contribution in [1.29, 1.82) is 0 Å². The second-order valence-corrected chi connectivity index (χ2v) is 10.4. The lowest BCUT2D eigenvalue weighted by atomic mass is 9.75. The Balaban J connectivity index is 1.24. The minimum Gasteiger partial charge on any atom is -0.423 e. The quantitative estimate of drug-likeness (QED) is 0.369. The highest BCUT2D eigenvalue weighted by Crippen LogP contribution is 2.51. The number of benzene rings is 2. The summed E-state index contributed by atoms with van der Waals surface area (Å²) in [6, 6.07) is 14.6. The molecular formula is C25H30BNO3S. The van der Waals surface area contributed by atoms with Gasteiger partial charge in [0.1, 0.15) is 5.60 Å². The molecule has 6 heteroatoms. The normalized spacial score (nSPS) is 27.4. The van der Waals surface area contributed by atoms with E-state index in [-0.39, 0.29) is 5.60 Å². The Hall–Kier alpha value is -1.57. The molecule has 0 amide bonds. The lowest BCUT2D eigenvalue weighted by Crippen LogP contribution is -2.34. The molecule has 0 aromatic heterocycles. The van der Waals surface area contributed by atoms with E-state index in [0.29, 0.717) is 23.2 Å². The van der Waals surface area contributed by atoms with Crippen LogP contribution in [0, 0.1) is 0 Å². The highest BCUT2D eigenvalue weighted by Gasteiger charge is 2.54. The number of fused-ring (bicyclic) bond motifs is 1. The van der Waals surface area contributed by atoms with Gasteiger partial charge in [0, 0.05) is 23.1 Å². The van der Waals surface area contributed by atoms with Crippen molar-refractivity contribution in [2.24, 2.45) is 5.73 Å². The van der Waals surface area contributed by atoms with Gasteiger partial charge in [-0.15, -0.1) is 11.8 Å². The fourth-order valence-electron chi connectivity index (χ4n) is 5.27. The summed E-state index contributed by atoms with van der Waals surface area (Å²) in [6.07, 6.45) is 8.88. The molecule has 2 aromatic carbocycles. The number of ether oxygens (including phenoxy) is 1. The molecule has 0 radical (unpaired) electrons. The molecular weight excluding hydrogens is 405 g/mol. The minimum absolute atomic E-state index is 0.105. The van der Waals surface area contributed by atoms with Crippen molar-refractivity contribution in [2.75, 3.05) is 6.61 Å². The molecule has 0 bridgehead atoms. The Morgan fingerprint density at radius 3 is 2.77 bits per heavy atom. The summed E-state index contributed by atoms with van der Waals surface area (Å²) in [4.78, 5) is 1.17. The SMILES string of the molecule is NCc1cccc(C2CCC=C(CC3(C4Cc5c(cccc5B(O)O)S4)CO3)CC2)c1. The second kappa shape index (κ2) is 8.76. The van der Waals surface area contributed by atoms with E-state index in [9.17, 15) is 10.0 Å². The van der Waals surface area contributed by atoms with Crippen LogP contribution in [0.5, 0.6) is 0 Å². The fourth-order valence-corrected chi connectivity index (χ4v) is 6.76. The molecule has 0 spiro atoms. The van der Waals surface area contributed by atoms with Gasteiger partial charge in [-0.3, -0.25) is 0 Å². The van der Waals surface area contributed by atoms with Crippen LogP contribution >= 0.6 is 11.8 Å². The van der Waals surface area contributed by atoms with Gasteiger partial charge >= 0.3 is 7.12 Å². The number of hydrogen-bond acceptors (Lipinski definition) is 5. The summed E-state index contributed by atoms with van der Waals surface area (Å²) in [5.74, 6) is 0.593. The maximum atomic E-state index is 9.74. The molecule has 31 heavy (non-hydrogen) atoms. The highest BCUT2D eigenvalue weighted by molar-refractivity contribution is 8.00. The van der Waals surface area contributed by atoms with Crippen LogP contribution < -0.4 is 11.2 Å². The average Bonchev–Trinajstić information content (AvgIpc) is 3.49. The molecule has 5 rings (SSSR count). The summed E-state index contributed by atoms with van der Waals surface area (Å²) < 4.78 is 6.10. The number of thioether (sulfide) groups is 1. The Bertz CT molecular complexity index is 988. The van der Waals surface area contributed by atoms with Crippen LogP contribution in [0.3, 0.4) is 0 Å². The fraction of sp³-hybridized carbons (Fsp3) is 0.440. The molecule has 3 unspecified atom stereocenters. The zero-order chi connectivity index (χ0) is 21.4. The van der Waals surface area contributed by atoms with Crippen molar-refractivity contribution in [1.82, 2.24) is 0 Å². The molecule has 4 N–H and O–H groups in total. The first-order valence-corrected chi connectivity index (χ1v) is 12.2. The van der Waals surface area contributed by atoms with Crippen LogP contribution in [0.1, 0.15) is 54.7 Å². The molecule has 2 aliphatic heterocycles. The van der Waals surface area contributed by atoms with E-state index in [0.717, 1.165) is 37.9 Å². The first kappa shape index (κ1) is 21.3. The van der Waals surface area contributed by atoms with E-state index < -0.39 is 7.12 Å². The van der Waals surface area contributed by atoms with Crippen LogP contribution in [-0.4, -0.2) is 34.6 Å². The molecule has 1 fully saturated rings. The van der Waals surface area contributed by atoms with E-state index in [2.05, 4.69) is 36.4 Å². The van der Waals surface area contributed by atoms with Gasteiger partial charge in [-0.05, 0) is 66.2 Å². The van der Waals surface area contributed by atoms with Crippen LogP contribution in [0.2, 0.25) is 0 Å². The standard InChI is InChI=1S/C25H30BNO3S/c27-15-18-5-2-7-20(12-18)19-6-1-4-17(10-11-19)14-25(16-30-25)24-13-21-22(26(28)29)8-3-9-23(21)31-24/h2-5,7-9,12,19,24,28-29H,1,6,10-11,13-16,27H2. The molecule has 0 saturated carbocycles. The smallest absolute Gasteiger partial charge is 0.423 e. The molecule has 162 valence electrons. The van der Waals surface area contributed by atoms with Crippen LogP contribution in [0.4, 0.5) is 0 Å². The maximum absolute atomic E-state index is 9.74. The first-order valence-electron chi connectivity index (χ1n) is 11.3. The second-order valence-electron chi connectivity index (χ2n) is 9.16. The van der Waals surface area contributed by atoms with Crippen LogP contribution in [0.25, 0.3) is 0 Å². The highest BCUT2D eigenvalue weighted by atomic mass is 32.2. The summed E-state index contributed by atoms with van der Waals surface area (Å²) in [5, 5.41) is 19.8. The first-order chi connectivity index (χ1) is 15.1. The van der Waals surface area contributed by atoms with Gasteiger partial charge in [0.2, 0.25) is 0 Å². The van der Waals surface area contributed by atoms with Crippen LogP contribution in [0.15, 0.2) is 59.0 Å². The van der Waals surface area contributed by atoms with Gasteiger partial charge < -0.3 is 20.5 Å². The third kappa shape index (κ3) is 4.37. The summed E-state index contributed by atoms with van der Waals surface area (Å²) in [5.41, 5.74) is 11.6. The van der Waals surface area contributed by atoms with E-state index in [4.69, 9.17) is 10.5 Å². The molecule has 1 saturated heterocycles. The maximum Gasteiger partial charge on any atom is 0.488 e. The third-order valence-electron chi connectivity index (χ3n) is 7.15. The van der Waals surface area contributed by atoms with Gasteiger partial charge in [-0.1, -0.05) is 48.0 Å². The topological polar surface area (TPSA) is 79.0 Å². The lowest BCUT2D eigenvalue weighted by molar-refractivity contribution is 0.292. The Labute approximate surface area is 189 Å². The van der Waals surface area contributed by atoms with E-state index in [1.165, 1.54) is 34.4 Å². The Morgan fingerprint density at radius 2 is 2.00 bits per heavy atom. The van der Waals surface area contributed by atoms with Crippen molar-refractivity contribution < 1.29 is 14.8 Å². The Kier molecular flexibility index (Phi) is 6.01. The lowest BCUT2D eigenvalue weighted by Gasteiger charge is -2.21. The molecule has 2 aromatic rings. The van der Waals surface area contributed by atoms with Gasteiger partial charge in [0.05, 0.1) is 6.61 Å². The summed E-state index contributed by atoms with van der Waals surface area (Å²) in [7, 11) is -1.41. The molecule has 2 heterocycles. The van der Waals surface area contributed by atoms with E-state index >= 15 is 0 Å². The van der Waals surface area contributed by atoms with Gasteiger partial charge in [0.15, 0.2) is 0 Å². The van der Waals surface area contributed by atoms with Crippen molar-refractivity contribution in [3.63, 3.8) is 0 Å². The third-order valence-corrected chi connectivity index (χ3v) is 8.67. The predicted octanol–water partition coefficient (Wildman–Crippen LogP) is 3.29. The number of allylic oxidation sites excluding steroid dienone is 1. The number of nitrogens with two attached hydrogens (primary N) is 1. The zero-order valence-corrected chi connectivity index (χ0v) is 18.6. The average molecular weight is 435 g/mol. The molecule has 4 nitrogen and oxygen atoms in total. The predicted molar refractivity (Wildman–Crippen MR) is 127 cm³/mol. The zero-order valence-electron chi connectivity index (χ0n) is 17.8. The van der Waals surface area contributed by atoms with Crippen molar-refractivity contribution in [2.45, 2.75) is 66.7 Å². The van der Waals surface area contributed by atoms with Crippen molar-refractivity contribution in [3.8, 4) is 0 Å². The summed E-state index contributed by atoms with van der Waals surface area (Å²) in [6.45, 7) is 1.40. The van der Waals surface area contributed by atoms with Gasteiger partial charge in [-0.25, -0.2) is 0 Å². The summed E-state index contributed by atoms with van der Waals surface area (Å²) >= 11 is 1.85.